The fourth-order valence-corrected chi connectivity index (χ4v) is 1.30. The van der Waals surface area contributed by atoms with Crippen molar-refractivity contribution in [1.82, 2.24) is 0 Å². The van der Waals surface area contributed by atoms with E-state index in [0.29, 0.717) is 0 Å². The molecule has 1 saturated carbocycles. The highest BCUT2D eigenvalue weighted by Crippen LogP contribution is 2.28. The molecule has 1 aliphatic rings. The van der Waals surface area contributed by atoms with E-state index in [1.54, 1.807) is 0 Å². The molecule has 0 bridgehead atoms. The average molecular weight is 171 g/mol. The predicted octanol–water partition coefficient (Wildman–Crippen LogP) is 2.49. The second-order valence-electron chi connectivity index (χ2n) is 3.55. The minimum absolute atomic E-state index is 0.898. The maximum absolute atomic E-state index is 5.31. The van der Waals surface area contributed by atoms with Crippen molar-refractivity contribution in [2.45, 2.75) is 12.8 Å². The number of hydrogen-bond donors (Lipinski definition) is 1. The van der Waals surface area contributed by atoms with Gasteiger partial charge in [0.05, 0.1) is 0 Å². The van der Waals surface area contributed by atoms with Gasteiger partial charge in [0, 0.05) is 17.8 Å². The van der Waals surface area contributed by atoms with Gasteiger partial charge < -0.3 is 5.32 Å². The second-order valence-corrected chi connectivity index (χ2v) is 3.55. The molecule has 0 unspecified atom stereocenters. The van der Waals surface area contributed by atoms with E-state index in [9.17, 15) is 0 Å². The first-order chi connectivity index (χ1) is 6.38. The second kappa shape index (κ2) is 3.53. The molecule has 0 amide bonds. The summed E-state index contributed by atoms with van der Waals surface area (Å²) in [6.07, 6.45) is 8.06. The van der Waals surface area contributed by atoms with Crippen molar-refractivity contribution in [3.8, 4) is 12.3 Å². The van der Waals surface area contributed by atoms with Crippen molar-refractivity contribution >= 4 is 5.69 Å². The van der Waals surface area contributed by atoms with E-state index in [2.05, 4.69) is 17.3 Å². The summed E-state index contributed by atoms with van der Waals surface area (Å²) in [6.45, 7) is 1.09. The van der Waals surface area contributed by atoms with Crippen LogP contribution in [0.3, 0.4) is 0 Å². The van der Waals surface area contributed by atoms with Crippen LogP contribution in [0.2, 0.25) is 0 Å². The summed E-state index contributed by atoms with van der Waals surface area (Å²) < 4.78 is 0. The highest BCUT2D eigenvalue weighted by Gasteiger charge is 2.20. The zero-order valence-corrected chi connectivity index (χ0v) is 7.59. The Morgan fingerprint density at radius 3 is 3.00 bits per heavy atom. The van der Waals surface area contributed by atoms with Crippen molar-refractivity contribution in [3.63, 3.8) is 0 Å². The first-order valence-electron chi connectivity index (χ1n) is 4.69. The molecule has 2 rings (SSSR count). The van der Waals surface area contributed by atoms with Crippen LogP contribution >= 0.6 is 0 Å². The molecule has 0 spiro atoms. The van der Waals surface area contributed by atoms with Crippen LogP contribution in [0.25, 0.3) is 0 Å². The SMILES string of the molecule is C#Cc1cccc(NCC2CC2)c1. The van der Waals surface area contributed by atoms with Gasteiger partial charge in [0.25, 0.3) is 0 Å². The molecule has 1 fully saturated rings. The molecule has 1 aromatic rings. The molecule has 1 aliphatic carbocycles. The number of hydrogen-bond acceptors (Lipinski definition) is 1. The molecule has 1 aromatic carbocycles. The summed E-state index contributed by atoms with van der Waals surface area (Å²) in [5.74, 6) is 3.53. The van der Waals surface area contributed by atoms with Crippen molar-refractivity contribution in [2.24, 2.45) is 5.92 Å². The molecular formula is C12H13N. The van der Waals surface area contributed by atoms with Gasteiger partial charge in [-0.2, -0.15) is 0 Å². The van der Waals surface area contributed by atoms with E-state index in [1.807, 2.05) is 18.2 Å². The Morgan fingerprint density at radius 2 is 2.31 bits per heavy atom. The third kappa shape index (κ3) is 2.26. The quantitative estimate of drug-likeness (QED) is 0.689. The van der Waals surface area contributed by atoms with E-state index < -0.39 is 0 Å². The van der Waals surface area contributed by atoms with Gasteiger partial charge in [0.15, 0.2) is 0 Å². The Kier molecular flexibility index (Phi) is 2.23. The van der Waals surface area contributed by atoms with E-state index in [1.165, 1.54) is 12.8 Å². The standard InChI is InChI=1S/C12H13N/c1-2-10-4-3-5-12(8-10)13-9-11-6-7-11/h1,3-5,8,11,13H,6-7,9H2. The molecule has 0 atom stereocenters. The van der Waals surface area contributed by atoms with Gasteiger partial charge in [-0.25, -0.2) is 0 Å². The minimum Gasteiger partial charge on any atom is -0.385 e. The lowest BCUT2D eigenvalue weighted by Crippen LogP contribution is -2.02. The summed E-state index contributed by atoms with van der Waals surface area (Å²) in [7, 11) is 0. The molecule has 0 aliphatic heterocycles. The lowest BCUT2D eigenvalue weighted by molar-refractivity contribution is 0.889. The molecule has 0 saturated heterocycles. The Balaban J connectivity index is 1.98. The summed E-state index contributed by atoms with van der Waals surface area (Å²) in [6, 6.07) is 8.01. The van der Waals surface area contributed by atoms with Crippen LogP contribution in [0.15, 0.2) is 24.3 Å². The number of anilines is 1. The third-order valence-electron chi connectivity index (χ3n) is 2.32. The van der Waals surface area contributed by atoms with Crippen LogP contribution in [0.1, 0.15) is 18.4 Å². The normalized spacial score (nSPS) is 15.0. The molecular weight excluding hydrogens is 158 g/mol. The number of nitrogens with one attached hydrogen (secondary N) is 1. The molecule has 1 heteroatoms. The lowest BCUT2D eigenvalue weighted by atomic mass is 10.2. The Morgan fingerprint density at radius 1 is 1.46 bits per heavy atom. The maximum atomic E-state index is 5.31. The minimum atomic E-state index is 0.898. The first kappa shape index (κ1) is 8.19. The van der Waals surface area contributed by atoms with E-state index >= 15 is 0 Å². The zero-order valence-electron chi connectivity index (χ0n) is 7.59. The van der Waals surface area contributed by atoms with E-state index in [0.717, 1.165) is 23.7 Å². The molecule has 1 N–H and O–H groups in total. The highest BCUT2D eigenvalue weighted by atomic mass is 14.9. The lowest BCUT2D eigenvalue weighted by Gasteiger charge is -2.04. The largest absolute Gasteiger partial charge is 0.385 e. The fourth-order valence-electron chi connectivity index (χ4n) is 1.30. The van der Waals surface area contributed by atoms with Gasteiger partial charge in [0.1, 0.15) is 0 Å². The Labute approximate surface area is 79.2 Å². The van der Waals surface area contributed by atoms with E-state index in [-0.39, 0.29) is 0 Å². The van der Waals surface area contributed by atoms with Crippen LogP contribution in [0, 0.1) is 18.3 Å². The first-order valence-corrected chi connectivity index (χ1v) is 4.69. The fraction of sp³-hybridized carbons (Fsp3) is 0.333. The smallest absolute Gasteiger partial charge is 0.0352 e. The van der Waals surface area contributed by atoms with Crippen molar-refractivity contribution in [3.05, 3.63) is 29.8 Å². The van der Waals surface area contributed by atoms with Crippen LogP contribution < -0.4 is 5.32 Å². The zero-order chi connectivity index (χ0) is 9.10. The molecule has 0 radical (unpaired) electrons. The average Bonchev–Trinajstić information content (AvgIpc) is 2.99. The number of terminal acetylenes is 1. The van der Waals surface area contributed by atoms with Gasteiger partial charge in [-0.05, 0) is 37.0 Å². The summed E-state index contributed by atoms with van der Waals surface area (Å²) in [5.41, 5.74) is 2.09. The third-order valence-corrected chi connectivity index (χ3v) is 2.32. The Hall–Kier alpha value is -1.42. The summed E-state index contributed by atoms with van der Waals surface area (Å²) >= 11 is 0. The monoisotopic (exact) mass is 171 g/mol. The highest BCUT2D eigenvalue weighted by molar-refractivity contribution is 5.49. The summed E-state index contributed by atoms with van der Waals surface area (Å²) in [4.78, 5) is 0. The van der Waals surface area contributed by atoms with Crippen molar-refractivity contribution in [2.75, 3.05) is 11.9 Å². The summed E-state index contributed by atoms with van der Waals surface area (Å²) in [5, 5.41) is 3.39. The molecule has 13 heavy (non-hydrogen) atoms. The number of benzene rings is 1. The van der Waals surface area contributed by atoms with Crippen molar-refractivity contribution in [1.29, 1.82) is 0 Å². The van der Waals surface area contributed by atoms with Gasteiger partial charge in [-0.15, -0.1) is 6.42 Å². The topological polar surface area (TPSA) is 12.0 Å². The Bertz CT molecular complexity index is 331. The van der Waals surface area contributed by atoms with Crippen LogP contribution in [0.4, 0.5) is 5.69 Å². The van der Waals surface area contributed by atoms with Crippen molar-refractivity contribution < 1.29 is 0 Å². The molecule has 0 aromatic heterocycles. The van der Waals surface area contributed by atoms with Gasteiger partial charge >= 0.3 is 0 Å². The van der Waals surface area contributed by atoms with E-state index in [4.69, 9.17) is 6.42 Å². The van der Waals surface area contributed by atoms with Gasteiger partial charge in [-0.1, -0.05) is 12.0 Å². The van der Waals surface area contributed by atoms with Crippen LogP contribution in [-0.2, 0) is 0 Å². The van der Waals surface area contributed by atoms with Gasteiger partial charge in [0.2, 0.25) is 0 Å². The maximum Gasteiger partial charge on any atom is 0.0352 e. The van der Waals surface area contributed by atoms with Crippen LogP contribution in [-0.4, -0.2) is 6.54 Å². The molecule has 1 nitrogen and oxygen atoms in total. The van der Waals surface area contributed by atoms with Gasteiger partial charge in [-0.3, -0.25) is 0 Å². The van der Waals surface area contributed by atoms with Crippen LogP contribution in [0.5, 0.6) is 0 Å². The molecule has 66 valence electrons. The predicted molar refractivity (Wildman–Crippen MR) is 55.6 cm³/mol. The number of rotatable bonds is 3. The molecule has 0 heterocycles.